The Morgan fingerprint density at radius 3 is 3.00 bits per heavy atom. The van der Waals surface area contributed by atoms with Crippen molar-refractivity contribution < 1.29 is 4.79 Å². The van der Waals surface area contributed by atoms with E-state index in [1.807, 2.05) is 11.5 Å². The number of Topliss-reactive ketones (excluding diaryl/α,β-unsaturated/α-hetero) is 1. The molecule has 1 aliphatic rings. The van der Waals surface area contributed by atoms with E-state index in [0.717, 1.165) is 11.3 Å². The van der Waals surface area contributed by atoms with Gasteiger partial charge in [0.25, 0.3) is 0 Å². The summed E-state index contributed by atoms with van der Waals surface area (Å²) in [5, 5.41) is 6.05. The van der Waals surface area contributed by atoms with Crippen molar-refractivity contribution in [3.8, 4) is 0 Å². The van der Waals surface area contributed by atoms with Crippen LogP contribution in [-0.4, -0.2) is 15.6 Å². The third-order valence-electron chi connectivity index (χ3n) is 2.13. The lowest BCUT2D eigenvalue weighted by molar-refractivity contribution is 0.101. The average molecular weight is 221 g/mol. The van der Waals surface area contributed by atoms with Gasteiger partial charge < -0.3 is 5.73 Å². The van der Waals surface area contributed by atoms with Gasteiger partial charge in [0.2, 0.25) is 0 Å². The molecule has 4 nitrogen and oxygen atoms in total. The SMILES string of the molecule is CC(=O)c1cnn(/C(N)=C2/CC=CS2)c1. The van der Waals surface area contributed by atoms with Crippen LogP contribution in [0.2, 0.25) is 0 Å². The molecule has 0 fully saturated rings. The fourth-order valence-electron chi connectivity index (χ4n) is 1.26. The van der Waals surface area contributed by atoms with Gasteiger partial charge in [0, 0.05) is 17.5 Å². The van der Waals surface area contributed by atoms with Crippen molar-refractivity contribution in [1.82, 2.24) is 9.78 Å². The largest absolute Gasteiger partial charge is 0.383 e. The van der Waals surface area contributed by atoms with Gasteiger partial charge >= 0.3 is 0 Å². The highest BCUT2D eigenvalue weighted by Crippen LogP contribution is 2.30. The lowest BCUT2D eigenvalue weighted by Gasteiger charge is -2.04. The lowest BCUT2D eigenvalue weighted by Crippen LogP contribution is -2.08. The maximum atomic E-state index is 11.1. The Kier molecular flexibility index (Phi) is 2.64. The number of carbonyl (C=O) groups excluding carboxylic acids is 1. The molecule has 1 aliphatic heterocycles. The average Bonchev–Trinajstić information content (AvgIpc) is 2.88. The van der Waals surface area contributed by atoms with Crippen LogP contribution in [0.1, 0.15) is 23.7 Å². The molecule has 2 N–H and O–H groups in total. The summed E-state index contributed by atoms with van der Waals surface area (Å²) in [6.45, 7) is 1.51. The molecule has 1 aromatic rings. The van der Waals surface area contributed by atoms with E-state index in [-0.39, 0.29) is 5.78 Å². The highest BCUT2D eigenvalue weighted by atomic mass is 32.2. The fourth-order valence-corrected chi connectivity index (χ4v) is 2.03. The summed E-state index contributed by atoms with van der Waals surface area (Å²) in [5.41, 5.74) is 6.50. The summed E-state index contributed by atoms with van der Waals surface area (Å²) in [4.78, 5) is 12.1. The molecular formula is C10H11N3OS. The number of rotatable bonds is 2. The molecule has 0 spiro atoms. The maximum absolute atomic E-state index is 11.1. The minimum Gasteiger partial charge on any atom is -0.383 e. The third-order valence-corrected chi connectivity index (χ3v) is 3.12. The number of carbonyl (C=O) groups is 1. The molecule has 0 aliphatic carbocycles. The third kappa shape index (κ3) is 1.97. The minimum absolute atomic E-state index is 0.00347. The topological polar surface area (TPSA) is 60.9 Å². The van der Waals surface area contributed by atoms with E-state index in [0.29, 0.717) is 11.4 Å². The van der Waals surface area contributed by atoms with Crippen molar-refractivity contribution >= 4 is 23.4 Å². The second kappa shape index (κ2) is 3.94. The lowest BCUT2D eigenvalue weighted by atomic mass is 10.3. The second-order valence-corrected chi connectivity index (χ2v) is 4.23. The number of thioether (sulfide) groups is 1. The van der Waals surface area contributed by atoms with Crippen LogP contribution >= 0.6 is 11.8 Å². The number of nitrogens with zero attached hydrogens (tertiary/aromatic N) is 2. The first-order valence-electron chi connectivity index (χ1n) is 4.55. The summed E-state index contributed by atoms with van der Waals surface area (Å²) in [6.07, 6.45) is 6.07. The molecule has 0 saturated carbocycles. The van der Waals surface area contributed by atoms with Crippen molar-refractivity contribution in [1.29, 1.82) is 0 Å². The highest BCUT2D eigenvalue weighted by molar-refractivity contribution is 8.06. The molecule has 1 aromatic heterocycles. The highest BCUT2D eigenvalue weighted by Gasteiger charge is 2.10. The van der Waals surface area contributed by atoms with Crippen LogP contribution in [0.5, 0.6) is 0 Å². The number of ketones is 1. The Bertz CT molecular complexity index is 449. The van der Waals surface area contributed by atoms with Gasteiger partial charge in [0.1, 0.15) is 5.82 Å². The minimum atomic E-state index is -0.00347. The van der Waals surface area contributed by atoms with E-state index in [9.17, 15) is 4.79 Å². The first-order valence-corrected chi connectivity index (χ1v) is 5.42. The van der Waals surface area contributed by atoms with Crippen LogP contribution in [0.4, 0.5) is 0 Å². The Labute approximate surface area is 91.8 Å². The molecule has 0 amide bonds. The van der Waals surface area contributed by atoms with Crippen LogP contribution in [-0.2, 0) is 0 Å². The van der Waals surface area contributed by atoms with Gasteiger partial charge in [-0.3, -0.25) is 4.79 Å². The van der Waals surface area contributed by atoms with Crippen LogP contribution < -0.4 is 5.73 Å². The van der Waals surface area contributed by atoms with Crippen LogP contribution in [0.3, 0.4) is 0 Å². The van der Waals surface area contributed by atoms with E-state index in [1.165, 1.54) is 13.1 Å². The molecule has 0 radical (unpaired) electrons. The zero-order valence-electron chi connectivity index (χ0n) is 8.30. The van der Waals surface area contributed by atoms with Gasteiger partial charge in [-0.1, -0.05) is 17.8 Å². The number of nitrogens with two attached hydrogens (primary N) is 1. The number of hydrogen-bond donors (Lipinski definition) is 1. The predicted molar refractivity (Wildman–Crippen MR) is 61.0 cm³/mol. The Morgan fingerprint density at radius 1 is 1.67 bits per heavy atom. The van der Waals surface area contributed by atoms with E-state index < -0.39 is 0 Å². The first kappa shape index (κ1) is 10.0. The van der Waals surface area contributed by atoms with Crippen molar-refractivity contribution in [2.45, 2.75) is 13.3 Å². The molecule has 2 rings (SSSR count). The van der Waals surface area contributed by atoms with Gasteiger partial charge in [-0.15, -0.1) is 0 Å². The van der Waals surface area contributed by atoms with Gasteiger partial charge in [0.15, 0.2) is 5.78 Å². The smallest absolute Gasteiger partial charge is 0.162 e. The summed E-state index contributed by atoms with van der Waals surface area (Å²) in [7, 11) is 0. The molecular weight excluding hydrogens is 210 g/mol. The number of aromatic nitrogens is 2. The normalized spacial score (nSPS) is 18.2. The van der Waals surface area contributed by atoms with Gasteiger partial charge in [0.05, 0.1) is 11.8 Å². The zero-order chi connectivity index (χ0) is 10.8. The Balaban J connectivity index is 2.29. The number of hydrogen-bond acceptors (Lipinski definition) is 4. The van der Waals surface area contributed by atoms with Gasteiger partial charge in [-0.2, -0.15) is 5.10 Å². The molecule has 0 atom stereocenters. The van der Waals surface area contributed by atoms with Crippen LogP contribution in [0.15, 0.2) is 28.8 Å². The molecule has 78 valence electrons. The summed E-state index contributed by atoms with van der Waals surface area (Å²) < 4.78 is 1.55. The molecule has 0 aromatic carbocycles. The maximum Gasteiger partial charge on any atom is 0.162 e. The summed E-state index contributed by atoms with van der Waals surface area (Å²) in [6, 6.07) is 0. The molecule has 5 heteroatoms. The summed E-state index contributed by atoms with van der Waals surface area (Å²) in [5.74, 6) is 0.591. The molecule has 0 unspecified atom stereocenters. The van der Waals surface area contributed by atoms with Crippen molar-refractivity contribution in [2.24, 2.45) is 5.73 Å². The standard InChI is InChI=1S/C10H11N3OS/c1-7(14)8-5-12-13(6-8)10(11)9-3-2-4-15-9/h2,4-6H,3,11H2,1H3/b10-9-. The van der Waals surface area contributed by atoms with Crippen molar-refractivity contribution in [2.75, 3.05) is 0 Å². The van der Waals surface area contributed by atoms with Crippen molar-refractivity contribution in [3.05, 3.63) is 34.3 Å². The van der Waals surface area contributed by atoms with E-state index in [4.69, 9.17) is 5.73 Å². The Hall–Kier alpha value is -1.49. The monoisotopic (exact) mass is 221 g/mol. The second-order valence-electron chi connectivity index (χ2n) is 3.23. The van der Waals surface area contributed by atoms with E-state index in [2.05, 4.69) is 5.10 Å². The zero-order valence-corrected chi connectivity index (χ0v) is 9.12. The predicted octanol–water partition coefficient (Wildman–Crippen LogP) is 1.82. The summed E-state index contributed by atoms with van der Waals surface area (Å²) >= 11 is 1.59. The molecule has 0 bridgehead atoms. The van der Waals surface area contributed by atoms with E-state index in [1.54, 1.807) is 22.6 Å². The quantitative estimate of drug-likeness (QED) is 0.774. The van der Waals surface area contributed by atoms with Crippen LogP contribution in [0, 0.1) is 0 Å². The van der Waals surface area contributed by atoms with E-state index >= 15 is 0 Å². The molecule has 0 saturated heterocycles. The van der Waals surface area contributed by atoms with Gasteiger partial charge in [-0.05, 0) is 12.3 Å². The van der Waals surface area contributed by atoms with Gasteiger partial charge in [-0.25, -0.2) is 4.68 Å². The fraction of sp³-hybridized carbons (Fsp3) is 0.200. The molecule has 2 heterocycles. The number of allylic oxidation sites excluding steroid dienone is 2. The Morgan fingerprint density at radius 2 is 2.47 bits per heavy atom. The van der Waals surface area contributed by atoms with Crippen molar-refractivity contribution in [3.63, 3.8) is 0 Å². The first-order chi connectivity index (χ1) is 7.18. The molecule has 15 heavy (non-hydrogen) atoms. The van der Waals surface area contributed by atoms with Crippen LogP contribution in [0.25, 0.3) is 5.82 Å².